The van der Waals surface area contributed by atoms with Gasteiger partial charge in [-0.1, -0.05) is 11.6 Å². The maximum atomic E-state index is 8.78. The third kappa shape index (κ3) is 3.18. The molecule has 0 amide bonds. The van der Waals surface area contributed by atoms with Gasteiger partial charge in [-0.2, -0.15) is 0 Å². The van der Waals surface area contributed by atoms with E-state index in [1.165, 1.54) is 0 Å². The predicted molar refractivity (Wildman–Crippen MR) is 56.3 cm³/mol. The van der Waals surface area contributed by atoms with Crippen LogP contribution in [0.5, 0.6) is 5.75 Å². The second kappa shape index (κ2) is 4.84. The number of rotatable bonds is 3. The second-order valence-corrected chi connectivity index (χ2v) is 3.98. The summed E-state index contributed by atoms with van der Waals surface area (Å²) >= 11 is 9.10. The van der Waals surface area contributed by atoms with Gasteiger partial charge in [0.25, 0.3) is 0 Å². The Bertz CT molecular complexity index is 291. The van der Waals surface area contributed by atoms with Crippen molar-refractivity contribution in [2.75, 3.05) is 6.61 Å². The maximum absolute atomic E-state index is 8.78. The minimum Gasteiger partial charge on any atom is -0.487 e. The van der Waals surface area contributed by atoms with E-state index in [4.69, 9.17) is 21.4 Å². The highest BCUT2D eigenvalue weighted by atomic mass is 79.9. The first kappa shape index (κ1) is 10.8. The van der Waals surface area contributed by atoms with E-state index in [0.717, 1.165) is 4.47 Å². The molecule has 0 saturated carbocycles. The van der Waals surface area contributed by atoms with Crippen LogP contribution >= 0.6 is 27.5 Å². The summed E-state index contributed by atoms with van der Waals surface area (Å²) in [5, 5.41) is 9.40. The summed E-state index contributed by atoms with van der Waals surface area (Å²) in [5.74, 6) is 0.647. The van der Waals surface area contributed by atoms with Crippen molar-refractivity contribution in [3.8, 4) is 5.75 Å². The van der Waals surface area contributed by atoms with Gasteiger partial charge < -0.3 is 9.84 Å². The van der Waals surface area contributed by atoms with Crippen LogP contribution in [-0.4, -0.2) is 17.8 Å². The lowest BCUT2D eigenvalue weighted by atomic mass is 10.3. The number of hydrogen-bond acceptors (Lipinski definition) is 2. The van der Waals surface area contributed by atoms with Gasteiger partial charge in [0.15, 0.2) is 0 Å². The van der Waals surface area contributed by atoms with E-state index in [1.54, 1.807) is 19.1 Å². The molecule has 0 aromatic heterocycles. The average molecular weight is 266 g/mol. The molecule has 1 aromatic carbocycles. The van der Waals surface area contributed by atoms with Crippen LogP contribution in [0.25, 0.3) is 0 Å². The van der Waals surface area contributed by atoms with E-state index in [1.807, 2.05) is 6.07 Å². The molecular weight excluding hydrogens is 255 g/mol. The van der Waals surface area contributed by atoms with Crippen LogP contribution in [0.4, 0.5) is 0 Å². The van der Waals surface area contributed by atoms with E-state index < -0.39 is 0 Å². The second-order valence-electron chi connectivity index (χ2n) is 2.69. The smallest absolute Gasteiger partial charge is 0.135 e. The molecule has 0 unspecified atom stereocenters. The lowest BCUT2D eigenvalue weighted by Gasteiger charge is -2.13. The normalized spacial score (nSPS) is 12.6. The quantitative estimate of drug-likeness (QED) is 0.911. The summed E-state index contributed by atoms with van der Waals surface area (Å²) in [6, 6.07) is 5.28. The van der Waals surface area contributed by atoms with E-state index >= 15 is 0 Å². The molecule has 4 heteroatoms. The Balaban J connectivity index is 2.81. The fourth-order valence-electron chi connectivity index (χ4n) is 0.822. The van der Waals surface area contributed by atoms with Crippen molar-refractivity contribution in [2.45, 2.75) is 13.0 Å². The highest BCUT2D eigenvalue weighted by Crippen LogP contribution is 2.28. The van der Waals surface area contributed by atoms with Crippen molar-refractivity contribution in [3.05, 3.63) is 27.7 Å². The van der Waals surface area contributed by atoms with Gasteiger partial charge in [-0.3, -0.25) is 0 Å². The molecule has 0 radical (unpaired) electrons. The Morgan fingerprint density at radius 2 is 2.31 bits per heavy atom. The highest BCUT2D eigenvalue weighted by Gasteiger charge is 2.06. The van der Waals surface area contributed by atoms with Crippen LogP contribution in [0.2, 0.25) is 5.02 Å². The molecule has 1 rings (SSSR count). The molecule has 2 nitrogen and oxygen atoms in total. The van der Waals surface area contributed by atoms with Crippen molar-refractivity contribution in [1.29, 1.82) is 0 Å². The van der Waals surface area contributed by atoms with Crippen LogP contribution in [-0.2, 0) is 0 Å². The average Bonchev–Trinajstić information content (AvgIpc) is 2.11. The monoisotopic (exact) mass is 264 g/mol. The lowest BCUT2D eigenvalue weighted by molar-refractivity contribution is 0.129. The fraction of sp³-hybridized carbons (Fsp3) is 0.333. The molecule has 0 saturated heterocycles. The first-order valence-electron chi connectivity index (χ1n) is 3.86. The molecule has 13 heavy (non-hydrogen) atoms. The van der Waals surface area contributed by atoms with Gasteiger partial charge in [0.2, 0.25) is 0 Å². The fourth-order valence-corrected chi connectivity index (χ4v) is 1.32. The molecule has 1 atom stereocenters. The van der Waals surface area contributed by atoms with Gasteiger partial charge in [-0.05, 0) is 41.1 Å². The van der Waals surface area contributed by atoms with Crippen molar-refractivity contribution in [3.63, 3.8) is 0 Å². The van der Waals surface area contributed by atoms with Crippen molar-refractivity contribution >= 4 is 27.5 Å². The van der Waals surface area contributed by atoms with Gasteiger partial charge in [-0.15, -0.1) is 0 Å². The van der Waals surface area contributed by atoms with Gasteiger partial charge in [0.1, 0.15) is 11.9 Å². The van der Waals surface area contributed by atoms with E-state index in [9.17, 15) is 0 Å². The molecule has 72 valence electrons. The van der Waals surface area contributed by atoms with Crippen LogP contribution in [0.3, 0.4) is 0 Å². The minimum atomic E-state index is -0.227. The summed E-state index contributed by atoms with van der Waals surface area (Å²) in [6.07, 6.45) is -0.227. The molecule has 0 heterocycles. The van der Waals surface area contributed by atoms with Gasteiger partial charge in [0.05, 0.1) is 11.1 Å². The zero-order valence-corrected chi connectivity index (χ0v) is 9.47. The van der Waals surface area contributed by atoms with Crippen molar-refractivity contribution in [1.82, 2.24) is 0 Å². The Morgan fingerprint density at radius 1 is 1.62 bits per heavy atom. The summed E-state index contributed by atoms with van der Waals surface area (Å²) < 4.78 is 6.22. The molecule has 1 aromatic rings. The third-order valence-electron chi connectivity index (χ3n) is 1.48. The number of ether oxygens (including phenoxy) is 1. The SMILES string of the molecule is C[C@H](CO)Oc1cc(Cl)ccc1Br. The molecule has 0 aliphatic rings. The number of hydrogen-bond donors (Lipinski definition) is 1. The summed E-state index contributed by atoms with van der Waals surface area (Å²) in [5.41, 5.74) is 0. The van der Waals surface area contributed by atoms with Crippen LogP contribution in [0, 0.1) is 0 Å². The van der Waals surface area contributed by atoms with E-state index in [0.29, 0.717) is 10.8 Å². The van der Waals surface area contributed by atoms with Crippen LogP contribution in [0.15, 0.2) is 22.7 Å². The standard InChI is InChI=1S/C9H10BrClO2/c1-6(5-12)13-9-4-7(11)2-3-8(9)10/h2-4,6,12H,5H2,1H3/t6-/m1/s1. The maximum Gasteiger partial charge on any atom is 0.135 e. The molecule has 1 N–H and O–H groups in total. The summed E-state index contributed by atoms with van der Waals surface area (Å²) in [6.45, 7) is 1.77. The molecule has 0 fully saturated rings. The van der Waals surface area contributed by atoms with Crippen molar-refractivity contribution in [2.24, 2.45) is 0 Å². The Kier molecular flexibility index (Phi) is 4.03. The van der Waals surface area contributed by atoms with E-state index in [2.05, 4.69) is 15.9 Å². The van der Waals surface area contributed by atoms with Crippen molar-refractivity contribution < 1.29 is 9.84 Å². The number of aliphatic hydroxyl groups excluding tert-OH is 1. The molecule has 0 aliphatic heterocycles. The number of aliphatic hydroxyl groups is 1. The Morgan fingerprint density at radius 3 is 2.92 bits per heavy atom. The first-order chi connectivity index (χ1) is 6.13. The van der Waals surface area contributed by atoms with Gasteiger partial charge in [-0.25, -0.2) is 0 Å². The first-order valence-corrected chi connectivity index (χ1v) is 5.03. The summed E-state index contributed by atoms with van der Waals surface area (Å²) in [7, 11) is 0. The zero-order chi connectivity index (χ0) is 9.84. The topological polar surface area (TPSA) is 29.5 Å². The lowest BCUT2D eigenvalue weighted by Crippen LogP contribution is -2.16. The number of benzene rings is 1. The molecule has 0 aliphatic carbocycles. The third-order valence-corrected chi connectivity index (χ3v) is 2.37. The molecule has 0 spiro atoms. The Labute approximate surface area is 90.6 Å². The Hall–Kier alpha value is -0.250. The largest absolute Gasteiger partial charge is 0.487 e. The highest BCUT2D eigenvalue weighted by molar-refractivity contribution is 9.10. The minimum absolute atomic E-state index is 0.0149. The van der Waals surface area contributed by atoms with Gasteiger partial charge >= 0.3 is 0 Å². The zero-order valence-electron chi connectivity index (χ0n) is 7.13. The van der Waals surface area contributed by atoms with Gasteiger partial charge in [0, 0.05) is 5.02 Å². The molecular formula is C9H10BrClO2. The number of halogens is 2. The van der Waals surface area contributed by atoms with E-state index in [-0.39, 0.29) is 12.7 Å². The summed E-state index contributed by atoms with van der Waals surface area (Å²) in [4.78, 5) is 0. The van der Waals surface area contributed by atoms with Crippen LogP contribution in [0.1, 0.15) is 6.92 Å². The molecule has 0 bridgehead atoms. The van der Waals surface area contributed by atoms with Crippen LogP contribution < -0.4 is 4.74 Å². The predicted octanol–water partition coefficient (Wildman–Crippen LogP) is 2.86.